The SMILES string of the molecule is COC(=O)c1nc(NC2CCCCC2SC)sc1C. The van der Waals surface area contributed by atoms with Gasteiger partial charge in [0.05, 0.1) is 7.11 Å². The highest BCUT2D eigenvalue weighted by Crippen LogP contribution is 2.31. The first-order valence-corrected chi connectivity index (χ1v) is 8.61. The quantitative estimate of drug-likeness (QED) is 0.864. The van der Waals surface area contributed by atoms with Gasteiger partial charge in [-0.3, -0.25) is 0 Å². The van der Waals surface area contributed by atoms with Gasteiger partial charge >= 0.3 is 5.97 Å². The molecule has 0 aromatic carbocycles. The Morgan fingerprint density at radius 3 is 2.89 bits per heavy atom. The van der Waals surface area contributed by atoms with Crippen LogP contribution in [-0.4, -0.2) is 35.6 Å². The molecule has 1 aromatic rings. The van der Waals surface area contributed by atoms with E-state index in [2.05, 4.69) is 16.6 Å². The number of nitrogens with one attached hydrogen (secondary N) is 1. The Morgan fingerprint density at radius 2 is 2.21 bits per heavy atom. The van der Waals surface area contributed by atoms with Crippen molar-refractivity contribution in [3.05, 3.63) is 10.6 Å². The molecule has 1 fully saturated rings. The molecule has 1 aliphatic rings. The molecule has 0 saturated heterocycles. The van der Waals surface area contributed by atoms with Crippen molar-refractivity contribution in [1.29, 1.82) is 0 Å². The third-order valence-corrected chi connectivity index (χ3v) is 5.56. The molecule has 0 radical (unpaired) electrons. The topological polar surface area (TPSA) is 51.2 Å². The Balaban J connectivity index is 2.08. The molecule has 1 heterocycles. The fourth-order valence-electron chi connectivity index (χ4n) is 2.45. The van der Waals surface area contributed by atoms with E-state index >= 15 is 0 Å². The minimum Gasteiger partial charge on any atom is -0.464 e. The van der Waals surface area contributed by atoms with Gasteiger partial charge in [-0.2, -0.15) is 11.8 Å². The van der Waals surface area contributed by atoms with Gasteiger partial charge in [-0.05, 0) is 26.0 Å². The number of carbonyl (C=O) groups is 1. The molecule has 1 aromatic heterocycles. The molecule has 1 N–H and O–H groups in total. The molecular formula is C13H20N2O2S2. The molecule has 0 aliphatic heterocycles. The second kappa shape index (κ2) is 6.61. The number of aryl methyl sites for hydroxylation is 1. The van der Waals surface area contributed by atoms with Gasteiger partial charge in [0.15, 0.2) is 10.8 Å². The Hall–Kier alpha value is -0.750. The van der Waals surface area contributed by atoms with E-state index in [-0.39, 0.29) is 5.97 Å². The minimum absolute atomic E-state index is 0.355. The first kappa shape index (κ1) is 14.7. The molecule has 1 saturated carbocycles. The third-order valence-electron chi connectivity index (χ3n) is 3.49. The lowest BCUT2D eigenvalue weighted by Gasteiger charge is -2.30. The molecule has 6 heteroatoms. The van der Waals surface area contributed by atoms with Crippen molar-refractivity contribution in [3.8, 4) is 0 Å². The molecule has 2 rings (SSSR count). The van der Waals surface area contributed by atoms with Crippen molar-refractivity contribution in [1.82, 2.24) is 4.98 Å². The number of esters is 1. The van der Waals surface area contributed by atoms with Crippen LogP contribution >= 0.6 is 23.1 Å². The molecule has 2 unspecified atom stereocenters. The average Bonchev–Trinajstić information content (AvgIpc) is 2.79. The van der Waals surface area contributed by atoms with Crippen LogP contribution in [0.5, 0.6) is 0 Å². The summed E-state index contributed by atoms with van der Waals surface area (Å²) in [7, 11) is 1.39. The zero-order valence-electron chi connectivity index (χ0n) is 11.6. The normalized spacial score (nSPS) is 23.1. The molecule has 0 amide bonds. The van der Waals surface area contributed by atoms with Crippen LogP contribution in [0.2, 0.25) is 0 Å². The maximum atomic E-state index is 11.6. The van der Waals surface area contributed by atoms with Crippen LogP contribution in [0.3, 0.4) is 0 Å². The smallest absolute Gasteiger partial charge is 0.357 e. The maximum absolute atomic E-state index is 11.6. The summed E-state index contributed by atoms with van der Waals surface area (Å²) in [5, 5.41) is 4.98. The minimum atomic E-state index is -0.355. The summed E-state index contributed by atoms with van der Waals surface area (Å²) in [6.45, 7) is 1.90. The highest BCUT2D eigenvalue weighted by Gasteiger charge is 2.26. The first-order valence-electron chi connectivity index (χ1n) is 6.50. The summed E-state index contributed by atoms with van der Waals surface area (Å²) in [5.74, 6) is -0.355. The molecule has 0 bridgehead atoms. The van der Waals surface area contributed by atoms with Crippen LogP contribution in [0.4, 0.5) is 5.13 Å². The fourth-order valence-corrected chi connectivity index (χ4v) is 4.24. The van der Waals surface area contributed by atoms with E-state index in [0.29, 0.717) is 17.0 Å². The van der Waals surface area contributed by atoms with E-state index in [9.17, 15) is 4.79 Å². The van der Waals surface area contributed by atoms with Crippen LogP contribution in [0.15, 0.2) is 0 Å². The number of anilines is 1. The van der Waals surface area contributed by atoms with Gasteiger partial charge in [-0.25, -0.2) is 9.78 Å². The summed E-state index contributed by atoms with van der Waals surface area (Å²) >= 11 is 3.45. The van der Waals surface area contributed by atoms with Crippen molar-refractivity contribution >= 4 is 34.2 Å². The Morgan fingerprint density at radius 1 is 1.47 bits per heavy atom. The molecule has 4 nitrogen and oxygen atoms in total. The van der Waals surface area contributed by atoms with Gasteiger partial charge < -0.3 is 10.1 Å². The number of hydrogen-bond acceptors (Lipinski definition) is 6. The first-order chi connectivity index (χ1) is 9.15. The average molecular weight is 300 g/mol. The third kappa shape index (κ3) is 3.42. The Kier molecular flexibility index (Phi) is 5.10. The van der Waals surface area contributed by atoms with Crippen molar-refractivity contribution < 1.29 is 9.53 Å². The molecule has 106 valence electrons. The number of thiazole rings is 1. The van der Waals surface area contributed by atoms with Crippen molar-refractivity contribution in [2.24, 2.45) is 0 Å². The standard InChI is InChI=1S/C13H20N2O2S2/c1-8-11(12(16)17-2)15-13(19-8)14-9-6-4-5-7-10(9)18-3/h9-10H,4-7H2,1-3H3,(H,14,15). The van der Waals surface area contributed by atoms with E-state index in [0.717, 1.165) is 10.0 Å². The van der Waals surface area contributed by atoms with E-state index < -0.39 is 0 Å². The molecule has 0 spiro atoms. The van der Waals surface area contributed by atoms with E-state index in [4.69, 9.17) is 4.74 Å². The molecule has 1 aliphatic carbocycles. The predicted octanol–water partition coefficient (Wildman–Crippen LogP) is 3.32. The van der Waals surface area contributed by atoms with Crippen molar-refractivity contribution in [3.63, 3.8) is 0 Å². The van der Waals surface area contributed by atoms with Crippen LogP contribution < -0.4 is 5.32 Å². The number of methoxy groups -OCH3 is 1. The summed E-state index contributed by atoms with van der Waals surface area (Å²) in [4.78, 5) is 16.8. The number of ether oxygens (including phenoxy) is 1. The number of carbonyl (C=O) groups excluding carboxylic acids is 1. The van der Waals surface area contributed by atoms with Gasteiger partial charge in [-0.1, -0.05) is 12.8 Å². The second-order valence-electron chi connectivity index (χ2n) is 4.72. The monoisotopic (exact) mass is 300 g/mol. The fraction of sp³-hybridized carbons (Fsp3) is 0.692. The van der Waals surface area contributed by atoms with E-state index in [1.807, 2.05) is 18.7 Å². The second-order valence-corrected chi connectivity index (χ2v) is 7.00. The lowest BCUT2D eigenvalue weighted by Crippen LogP contribution is -2.34. The van der Waals surface area contributed by atoms with Crippen LogP contribution in [0.1, 0.15) is 41.0 Å². The van der Waals surface area contributed by atoms with Gasteiger partial charge in [0.1, 0.15) is 0 Å². The van der Waals surface area contributed by atoms with Gasteiger partial charge in [0, 0.05) is 16.2 Å². The maximum Gasteiger partial charge on any atom is 0.357 e. The van der Waals surface area contributed by atoms with Crippen LogP contribution in [0.25, 0.3) is 0 Å². The van der Waals surface area contributed by atoms with E-state index in [1.165, 1.54) is 44.1 Å². The summed E-state index contributed by atoms with van der Waals surface area (Å²) < 4.78 is 4.74. The lowest BCUT2D eigenvalue weighted by atomic mass is 9.95. The highest BCUT2D eigenvalue weighted by atomic mass is 32.2. The molecule has 19 heavy (non-hydrogen) atoms. The van der Waals surface area contributed by atoms with Crippen molar-refractivity contribution in [2.75, 3.05) is 18.7 Å². The lowest BCUT2D eigenvalue weighted by molar-refractivity contribution is 0.0594. The zero-order valence-corrected chi connectivity index (χ0v) is 13.2. The van der Waals surface area contributed by atoms with Gasteiger partial charge in [-0.15, -0.1) is 11.3 Å². The Bertz CT molecular complexity index is 448. The number of hydrogen-bond donors (Lipinski definition) is 1. The summed E-state index contributed by atoms with van der Waals surface area (Å²) in [6, 6.07) is 0.458. The number of rotatable bonds is 4. The van der Waals surface area contributed by atoms with E-state index in [1.54, 1.807) is 0 Å². The zero-order chi connectivity index (χ0) is 13.8. The predicted molar refractivity (Wildman–Crippen MR) is 81.4 cm³/mol. The number of nitrogens with zero attached hydrogens (tertiary/aromatic N) is 1. The highest BCUT2D eigenvalue weighted by molar-refractivity contribution is 7.99. The summed E-state index contributed by atoms with van der Waals surface area (Å²) in [5.41, 5.74) is 0.437. The largest absolute Gasteiger partial charge is 0.464 e. The summed E-state index contributed by atoms with van der Waals surface area (Å²) in [6.07, 6.45) is 7.18. The molecule has 2 atom stereocenters. The van der Waals surface area contributed by atoms with Crippen LogP contribution in [-0.2, 0) is 4.74 Å². The molecular weight excluding hydrogens is 280 g/mol. The number of thioether (sulfide) groups is 1. The van der Waals surface area contributed by atoms with Gasteiger partial charge in [0.25, 0.3) is 0 Å². The Labute approximate surface area is 122 Å². The van der Waals surface area contributed by atoms with Crippen LogP contribution in [0, 0.1) is 6.92 Å². The number of aromatic nitrogens is 1. The van der Waals surface area contributed by atoms with Crippen molar-refractivity contribution in [2.45, 2.75) is 43.9 Å². The van der Waals surface area contributed by atoms with Gasteiger partial charge in [0.2, 0.25) is 0 Å².